The third-order valence-corrected chi connectivity index (χ3v) is 4.97. The first-order chi connectivity index (χ1) is 9.63. The predicted molar refractivity (Wildman–Crippen MR) is 83.5 cm³/mol. The topological polar surface area (TPSA) is 26.3 Å². The van der Waals surface area contributed by atoms with Gasteiger partial charge in [-0.1, -0.05) is 38.1 Å². The summed E-state index contributed by atoms with van der Waals surface area (Å²) in [5.41, 5.74) is 6.79. The van der Waals surface area contributed by atoms with Gasteiger partial charge in [0.15, 0.2) is 0 Å². The van der Waals surface area contributed by atoms with E-state index >= 15 is 0 Å². The molecule has 3 rings (SSSR count). The van der Waals surface area contributed by atoms with Crippen molar-refractivity contribution in [1.29, 1.82) is 0 Å². The van der Waals surface area contributed by atoms with E-state index in [1.54, 1.807) is 0 Å². The highest BCUT2D eigenvalue weighted by atomic mass is 32.2. The third-order valence-electron chi connectivity index (χ3n) is 3.98. The SMILES string of the molecule is COC(=O)c1c2ccc(C(C)C)ccc-2c2c1CSC2. The maximum Gasteiger partial charge on any atom is 0.338 e. The number of hydrogen-bond acceptors (Lipinski definition) is 3. The summed E-state index contributed by atoms with van der Waals surface area (Å²) >= 11 is 1.87. The predicted octanol–water partition coefficient (Wildman–Crippen LogP) is 4.45. The average Bonchev–Trinajstić information content (AvgIpc) is 2.92. The molecule has 1 heterocycles. The van der Waals surface area contributed by atoms with Crippen molar-refractivity contribution in [3.05, 3.63) is 46.5 Å². The van der Waals surface area contributed by atoms with Crippen LogP contribution in [-0.2, 0) is 16.2 Å². The van der Waals surface area contributed by atoms with Gasteiger partial charge in [-0.25, -0.2) is 4.79 Å². The molecule has 0 aromatic rings. The summed E-state index contributed by atoms with van der Waals surface area (Å²) in [5.74, 6) is 2.17. The molecule has 3 heteroatoms. The maximum absolute atomic E-state index is 12.1. The first-order valence-corrected chi connectivity index (χ1v) is 8.02. The van der Waals surface area contributed by atoms with E-state index < -0.39 is 0 Å². The molecule has 1 aliphatic heterocycles. The van der Waals surface area contributed by atoms with Crippen molar-refractivity contribution in [3.63, 3.8) is 0 Å². The van der Waals surface area contributed by atoms with Gasteiger partial charge in [0, 0.05) is 11.5 Å². The second-order valence-corrected chi connectivity index (χ2v) is 6.45. The van der Waals surface area contributed by atoms with E-state index in [2.05, 4.69) is 38.1 Å². The van der Waals surface area contributed by atoms with Gasteiger partial charge in [-0.2, -0.15) is 11.8 Å². The molecular formula is C17H18O2S. The second-order valence-electron chi connectivity index (χ2n) is 5.47. The number of carbonyl (C=O) groups is 1. The van der Waals surface area contributed by atoms with Crippen molar-refractivity contribution in [1.82, 2.24) is 0 Å². The van der Waals surface area contributed by atoms with E-state index in [0.29, 0.717) is 5.92 Å². The van der Waals surface area contributed by atoms with Crippen LogP contribution in [0.5, 0.6) is 0 Å². The Morgan fingerprint density at radius 3 is 2.40 bits per heavy atom. The molecule has 0 spiro atoms. The lowest BCUT2D eigenvalue weighted by Gasteiger charge is -2.02. The Morgan fingerprint density at radius 2 is 1.75 bits per heavy atom. The van der Waals surface area contributed by atoms with E-state index in [0.717, 1.165) is 22.6 Å². The fraction of sp³-hybridized carbons (Fsp3) is 0.353. The van der Waals surface area contributed by atoms with Crippen LogP contribution in [-0.4, -0.2) is 13.1 Å². The minimum absolute atomic E-state index is 0.212. The Morgan fingerprint density at radius 1 is 1.10 bits per heavy atom. The number of carbonyl (C=O) groups excluding carboxylic acids is 1. The van der Waals surface area contributed by atoms with Crippen molar-refractivity contribution in [2.45, 2.75) is 31.3 Å². The van der Waals surface area contributed by atoms with Crippen molar-refractivity contribution in [2.75, 3.05) is 7.11 Å². The standard InChI is InChI=1S/C17H18O2S/c1-10(2)11-4-6-12-13(7-5-11)16(17(18)19-3)15-9-20-8-14(12)15/h4-7,10H,8-9H2,1-3H3. The van der Waals surface area contributed by atoms with Crippen LogP contribution in [0.1, 0.15) is 46.8 Å². The number of hydrogen-bond donors (Lipinski definition) is 0. The van der Waals surface area contributed by atoms with Crippen LogP contribution in [0.2, 0.25) is 0 Å². The molecule has 0 N–H and O–H groups in total. The van der Waals surface area contributed by atoms with Crippen LogP contribution in [0.3, 0.4) is 0 Å². The van der Waals surface area contributed by atoms with Crippen molar-refractivity contribution < 1.29 is 9.53 Å². The molecule has 0 fully saturated rings. The molecule has 0 bridgehead atoms. The van der Waals surface area contributed by atoms with Gasteiger partial charge in [-0.3, -0.25) is 0 Å². The Hall–Kier alpha value is -1.48. The van der Waals surface area contributed by atoms with Gasteiger partial charge in [0.05, 0.1) is 12.7 Å². The molecule has 0 amide bonds. The van der Waals surface area contributed by atoms with Crippen LogP contribution in [0.4, 0.5) is 0 Å². The summed E-state index contributed by atoms with van der Waals surface area (Å²) in [4.78, 5) is 12.1. The molecule has 20 heavy (non-hydrogen) atoms. The van der Waals surface area contributed by atoms with Gasteiger partial charge >= 0.3 is 5.97 Å². The molecule has 0 unspecified atom stereocenters. The van der Waals surface area contributed by atoms with Gasteiger partial charge in [-0.05, 0) is 33.7 Å². The summed E-state index contributed by atoms with van der Waals surface area (Å²) in [7, 11) is 1.46. The van der Waals surface area contributed by atoms with Crippen molar-refractivity contribution in [3.8, 4) is 11.1 Å². The van der Waals surface area contributed by atoms with E-state index in [-0.39, 0.29) is 5.97 Å². The highest BCUT2D eigenvalue weighted by molar-refractivity contribution is 7.98. The normalized spacial score (nSPS) is 13.8. The van der Waals surface area contributed by atoms with Crippen LogP contribution in [0, 0.1) is 0 Å². The molecule has 104 valence electrons. The minimum atomic E-state index is -0.212. The molecule has 0 atom stereocenters. The lowest BCUT2D eigenvalue weighted by atomic mass is 10.1. The van der Waals surface area contributed by atoms with Crippen LogP contribution in [0.15, 0.2) is 24.3 Å². The van der Waals surface area contributed by atoms with Gasteiger partial charge in [-0.15, -0.1) is 0 Å². The largest absolute Gasteiger partial charge is 0.465 e. The van der Waals surface area contributed by atoms with E-state index in [4.69, 9.17) is 4.74 Å². The number of fused-ring (bicyclic) bond motifs is 3. The quantitative estimate of drug-likeness (QED) is 0.763. The highest BCUT2D eigenvalue weighted by Gasteiger charge is 2.30. The maximum atomic E-state index is 12.1. The molecule has 0 radical (unpaired) electrons. The summed E-state index contributed by atoms with van der Waals surface area (Å²) in [5, 5.41) is 0. The van der Waals surface area contributed by atoms with E-state index in [9.17, 15) is 4.79 Å². The summed E-state index contributed by atoms with van der Waals surface area (Å²) in [6.45, 7) is 4.36. The van der Waals surface area contributed by atoms with E-state index in [1.165, 1.54) is 29.4 Å². The lowest BCUT2D eigenvalue weighted by molar-refractivity contribution is 0.0601. The highest BCUT2D eigenvalue weighted by Crippen LogP contribution is 2.45. The summed E-state index contributed by atoms with van der Waals surface area (Å²) < 4.78 is 4.99. The Balaban J connectivity index is 2.27. The number of ether oxygens (including phenoxy) is 1. The molecule has 0 aromatic carbocycles. The molecule has 3 aliphatic rings. The zero-order valence-corrected chi connectivity index (χ0v) is 12.8. The fourth-order valence-electron chi connectivity index (χ4n) is 2.85. The summed E-state index contributed by atoms with van der Waals surface area (Å²) in [6, 6.07) is 8.56. The first-order valence-electron chi connectivity index (χ1n) is 6.87. The average molecular weight is 286 g/mol. The van der Waals surface area contributed by atoms with Gasteiger partial charge < -0.3 is 4.74 Å². The van der Waals surface area contributed by atoms with Gasteiger partial charge in [0.1, 0.15) is 0 Å². The van der Waals surface area contributed by atoms with Crippen LogP contribution >= 0.6 is 11.8 Å². The zero-order valence-electron chi connectivity index (χ0n) is 12.0. The number of thioether (sulfide) groups is 1. The molecule has 2 nitrogen and oxygen atoms in total. The summed E-state index contributed by atoms with van der Waals surface area (Å²) in [6.07, 6.45) is 0. The van der Waals surface area contributed by atoms with Gasteiger partial charge in [0.2, 0.25) is 0 Å². The Labute approximate surface area is 123 Å². The Kier molecular flexibility index (Phi) is 3.47. The monoisotopic (exact) mass is 286 g/mol. The number of esters is 1. The Bertz CT molecular complexity index is 646. The number of methoxy groups -OCH3 is 1. The van der Waals surface area contributed by atoms with E-state index in [1.807, 2.05) is 11.8 Å². The third kappa shape index (κ3) is 2.01. The number of rotatable bonds is 2. The second kappa shape index (κ2) is 5.13. The molecule has 0 saturated heterocycles. The molecule has 0 saturated carbocycles. The smallest absolute Gasteiger partial charge is 0.338 e. The molecule has 2 aliphatic carbocycles. The molecular weight excluding hydrogens is 268 g/mol. The fourth-order valence-corrected chi connectivity index (χ4v) is 4.01. The van der Waals surface area contributed by atoms with Gasteiger partial charge in [0.25, 0.3) is 0 Å². The zero-order chi connectivity index (χ0) is 14.3. The minimum Gasteiger partial charge on any atom is -0.465 e. The van der Waals surface area contributed by atoms with Crippen LogP contribution < -0.4 is 0 Å². The lowest BCUT2D eigenvalue weighted by Crippen LogP contribution is -2.03. The van der Waals surface area contributed by atoms with Crippen molar-refractivity contribution >= 4 is 17.7 Å². The first kappa shape index (κ1) is 13.5. The van der Waals surface area contributed by atoms with Crippen LogP contribution in [0.25, 0.3) is 11.1 Å². The molecule has 0 aromatic heterocycles. The van der Waals surface area contributed by atoms with Crippen molar-refractivity contribution in [2.24, 2.45) is 0 Å².